The van der Waals surface area contributed by atoms with Gasteiger partial charge in [0.1, 0.15) is 5.75 Å². The number of ether oxygens (including phenoxy) is 1. The van der Waals surface area contributed by atoms with Crippen LogP contribution in [0, 0.1) is 0 Å². The first-order valence-corrected chi connectivity index (χ1v) is 10.6. The van der Waals surface area contributed by atoms with Gasteiger partial charge < -0.3 is 10.1 Å². The second kappa shape index (κ2) is 8.31. The fourth-order valence-electron chi connectivity index (χ4n) is 2.90. The molecule has 1 aromatic carbocycles. The average Bonchev–Trinajstić information content (AvgIpc) is 3.40. The molecule has 0 aliphatic carbocycles. The second-order valence-electron chi connectivity index (χ2n) is 6.43. The second-order valence-corrected chi connectivity index (χ2v) is 8.17. The van der Waals surface area contributed by atoms with Crippen molar-refractivity contribution in [2.45, 2.75) is 12.7 Å². The van der Waals surface area contributed by atoms with Gasteiger partial charge in [-0.1, -0.05) is 18.2 Å². The maximum absolute atomic E-state index is 13.7. The van der Waals surface area contributed by atoms with Crippen molar-refractivity contribution in [1.82, 2.24) is 19.9 Å². The van der Waals surface area contributed by atoms with E-state index in [4.69, 9.17) is 4.74 Å². The lowest BCUT2D eigenvalue weighted by Gasteiger charge is -2.10. The molecule has 3 aromatic heterocycles. The summed E-state index contributed by atoms with van der Waals surface area (Å²) in [6.07, 6.45) is -4.69. The van der Waals surface area contributed by atoms with E-state index in [1.807, 2.05) is 0 Å². The Kier molecular flexibility index (Phi) is 5.71. The maximum Gasteiger partial charge on any atom is 0.433 e. The Labute approximate surface area is 186 Å². The van der Waals surface area contributed by atoms with E-state index in [0.717, 1.165) is 11.6 Å². The van der Waals surface area contributed by atoms with Crippen molar-refractivity contribution in [3.05, 3.63) is 69.3 Å². The van der Waals surface area contributed by atoms with Gasteiger partial charge in [-0.3, -0.25) is 4.79 Å². The normalized spacial score (nSPS) is 11.6. The Hall–Kier alpha value is -2.92. The number of carbonyl (C=O) groups is 1. The number of hydrogen-bond donors (Lipinski definition) is 1. The van der Waals surface area contributed by atoms with Gasteiger partial charge in [0.25, 0.3) is 5.91 Å². The Morgan fingerprint density at radius 2 is 2.00 bits per heavy atom. The molecule has 160 valence electrons. The molecule has 0 unspecified atom stereocenters. The highest BCUT2D eigenvalue weighted by Crippen LogP contribution is 2.35. The average molecular weight is 511 g/mol. The molecule has 0 bridgehead atoms. The summed E-state index contributed by atoms with van der Waals surface area (Å²) in [7, 11) is 1.55. The molecule has 0 saturated heterocycles. The van der Waals surface area contributed by atoms with E-state index in [1.165, 1.54) is 11.3 Å². The van der Waals surface area contributed by atoms with Crippen molar-refractivity contribution >= 4 is 38.8 Å². The number of alkyl halides is 3. The van der Waals surface area contributed by atoms with Crippen LogP contribution >= 0.6 is 27.3 Å². The fourth-order valence-corrected chi connectivity index (χ4v) is 4.10. The summed E-state index contributed by atoms with van der Waals surface area (Å²) in [5.74, 6) is 0.0458. The number of carbonyl (C=O) groups excluding carboxylic acids is 1. The molecule has 31 heavy (non-hydrogen) atoms. The summed E-state index contributed by atoms with van der Waals surface area (Å²) in [4.78, 5) is 17.5. The van der Waals surface area contributed by atoms with E-state index in [9.17, 15) is 18.0 Å². The van der Waals surface area contributed by atoms with Gasteiger partial charge in [0, 0.05) is 6.54 Å². The third-order valence-electron chi connectivity index (χ3n) is 4.42. The third-order valence-corrected chi connectivity index (χ3v) is 6.05. The summed E-state index contributed by atoms with van der Waals surface area (Å²) < 4.78 is 46.9. The van der Waals surface area contributed by atoms with Crippen molar-refractivity contribution in [3.63, 3.8) is 0 Å². The number of thiophene rings is 1. The maximum atomic E-state index is 13.7. The number of halogens is 4. The lowest BCUT2D eigenvalue weighted by molar-refractivity contribution is -0.142. The van der Waals surface area contributed by atoms with Gasteiger partial charge in [-0.2, -0.15) is 18.3 Å². The number of fused-ring (bicyclic) bond motifs is 1. The molecule has 0 radical (unpaired) electrons. The van der Waals surface area contributed by atoms with Crippen LogP contribution in [0.2, 0.25) is 0 Å². The molecule has 0 spiro atoms. The molecule has 6 nitrogen and oxygen atoms in total. The van der Waals surface area contributed by atoms with Crippen molar-refractivity contribution < 1.29 is 22.7 Å². The van der Waals surface area contributed by atoms with Gasteiger partial charge in [0.05, 0.1) is 22.2 Å². The molecule has 0 aliphatic heterocycles. The summed E-state index contributed by atoms with van der Waals surface area (Å²) in [6, 6.07) is 11.4. The molecule has 1 amide bonds. The van der Waals surface area contributed by atoms with Crippen LogP contribution in [-0.2, 0) is 12.7 Å². The minimum absolute atomic E-state index is 0.0867. The molecule has 4 aromatic rings. The molecule has 11 heteroatoms. The van der Waals surface area contributed by atoms with Crippen molar-refractivity contribution in [2.75, 3.05) is 7.11 Å². The Morgan fingerprint density at radius 1 is 1.26 bits per heavy atom. The highest BCUT2D eigenvalue weighted by molar-refractivity contribution is 9.10. The molecule has 0 atom stereocenters. The van der Waals surface area contributed by atoms with E-state index >= 15 is 0 Å². The molecule has 4 rings (SSSR count). The van der Waals surface area contributed by atoms with E-state index in [1.54, 1.807) is 48.9 Å². The van der Waals surface area contributed by atoms with Crippen LogP contribution in [-0.4, -0.2) is 27.6 Å². The van der Waals surface area contributed by atoms with Crippen LogP contribution in [0.15, 0.2) is 52.3 Å². The van der Waals surface area contributed by atoms with E-state index in [2.05, 4.69) is 31.3 Å². The number of nitrogens with zero attached hydrogens (tertiary/aromatic N) is 3. The fraction of sp³-hybridized carbons (Fsp3) is 0.150. The van der Waals surface area contributed by atoms with Gasteiger partial charge in [-0.15, -0.1) is 11.3 Å². The quantitative estimate of drug-likeness (QED) is 0.401. The zero-order valence-electron chi connectivity index (χ0n) is 15.9. The first kappa shape index (κ1) is 21.3. The highest BCUT2D eigenvalue weighted by atomic mass is 79.9. The zero-order valence-corrected chi connectivity index (χ0v) is 18.3. The molecule has 0 saturated carbocycles. The largest absolute Gasteiger partial charge is 0.497 e. The van der Waals surface area contributed by atoms with Crippen LogP contribution < -0.4 is 10.1 Å². The van der Waals surface area contributed by atoms with Crippen LogP contribution in [0.1, 0.15) is 21.7 Å². The van der Waals surface area contributed by atoms with E-state index < -0.39 is 17.8 Å². The number of methoxy groups -OCH3 is 1. The van der Waals surface area contributed by atoms with Gasteiger partial charge in [-0.25, -0.2) is 9.50 Å². The predicted molar refractivity (Wildman–Crippen MR) is 113 cm³/mol. The van der Waals surface area contributed by atoms with E-state index in [-0.39, 0.29) is 28.1 Å². The van der Waals surface area contributed by atoms with Crippen molar-refractivity contribution in [2.24, 2.45) is 0 Å². The summed E-state index contributed by atoms with van der Waals surface area (Å²) in [6.45, 7) is 0.170. The first-order valence-electron chi connectivity index (χ1n) is 8.89. The SMILES string of the molecule is COc1ccc(CNC(=O)c2nn3c(C(F)(F)F)cc(-c4cccs4)nc3c2Br)cc1. The number of rotatable bonds is 5. The Bertz CT molecular complexity index is 1240. The monoisotopic (exact) mass is 510 g/mol. The van der Waals surface area contributed by atoms with Crippen molar-refractivity contribution in [1.29, 1.82) is 0 Å². The smallest absolute Gasteiger partial charge is 0.433 e. The van der Waals surface area contributed by atoms with Crippen LogP contribution in [0.25, 0.3) is 16.2 Å². The predicted octanol–water partition coefficient (Wildman–Crippen LogP) is 5.18. The number of aromatic nitrogens is 3. The number of hydrogen-bond acceptors (Lipinski definition) is 5. The van der Waals surface area contributed by atoms with Crippen LogP contribution in [0.3, 0.4) is 0 Å². The minimum atomic E-state index is -4.69. The zero-order chi connectivity index (χ0) is 22.2. The Balaban J connectivity index is 1.69. The molecular formula is C20H14BrF3N4O2S. The van der Waals surface area contributed by atoms with Gasteiger partial charge in [0.2, 0.25) is 0 Å². The number of benzene rings is 1. The summed E-state index contributed by atoms with van der Waals surface area (Å²) in [5, 5.41) is 8.31. The number of amides is 1. The highest BCUT2D eigenvalue weighted by Gasteiger charge is 2.36. The van der Waals surface area contributed by atoms with Gasteiger partial charge in [0.15, 0.2) is 17.0 Å². The lowest BCUT2D eigenvalue weighted by Crippen LogP contribution is -2.23. The standard InChI is InChI=1S/C20H14BrF3N4O2S/c1-30-12-6-4-11(5-7-12)10-25-19(29)17-16(21)18-26-13(14-3-2-8-31-14)9-15(20(22,23)24)28(18)27-17/h2-9H,10H2,1H3,(H,25,29). The van der Waals surface area contributed by atoms with Crippen molar-refractivity contribution in [3.8, 4) is 16.3 Å². The summed E-state index contributed by atoms with van der Waals surface area (Å²) >= 11 is 4.48. The van der Waals surface area contributed by atoms with Crippen LogP contribution in [0.5, 0.6) is 5.75 Å². The van der Waals surface area contributed by atoms with Gasteiger partial charge in [-0.05, 0) is 51.1 Å². The molecule has 3 heterocycles. The minimum Gasteiger partial charge on any atom is -0.497 e. The molecular weight excluding hydrogens is 497 g/mol. The first-order chi connectivity index (χ1) is 14.8. The van der Waals surface area contributed by atoms with E-state index in [0.29, 0.717) is 15.1 Å². The Morgan fingerprint density at radius 3 is 2.61 bits per heavy atom. The van der Waals surface area contributed by atoms with Gasteiger partial charge >= 0.3 is 6.18 Å². The molecule has 0 aliphatic rings. The topological polar surface area (TPSA) is 68.5 Å². The summed E-state index contributed by atoms with van der Waals surface area (Å²) in [5.41, 5.74) is -0.345. The molecule has 1 N–H and O–H groups in total. The molecule has 0 fully saturated rings. The lowest BCUT2D eigenvalue weighted by atomic mass is 10.2. The number of nitrogens with one attached hydrogen (secondary N) is 1. The van der Waals surface area contributed by atoms with Crippen LogP contribution in [0.4, 0.5) is 13.2 Å². The third kappa shape index (κ3) is 4.28.